The summed E-state index contributed by atoms with van der Waals surface area (Å²) in [5.74, 6) is 0.272. The van der Waals surface area contributed by atoms with Crippen LogP contribution in [0.2, 0.25) is 0 Å². The molecule has 0 saturated heterocycles. The molecule has 0 fully saturated rings. The van der Waals surface area contributed by atoms with E-state index in [0.29, 0.717) is 35.6 Å². The van der Waals surface area contributed by atoms with E-state index in [4.69, 9.17) is 9.88 Å². The van der Waals surface area contributed by atoms with Gasteiger partial charge in [0, 0.05) is 18.3 Å². The number of aromatic nitrogens is 2. The highest BCUT2D eigenvalue weighted by molar-refractivity contribution is 7.89. The third-order valence-electron chi connectivity index (χ3n) is 4.60. The van der Waals surface area contributed by atoms with E-state index in [1.54, 1.807) is 36.0 Å². The zero-order valence-electron chi connectivity index (χ0n) is 14.9. The van der Waals surface area contributed by atoms with Crippen molar-refractivity contribution in [3.8, 4) is 0 Å². The quantitative estimate of drug-likeness (QED) is 0.862. The Bertz CT molecular complexity index is 990. The molecule has 2 heterocycles. The fourth-order valence-corrected chi connectivity index (χ4v) is 3.34. The van der Waals surface area contributed by atoms with Gasteiger partial charge in [-0.2, -0.15) is 5.10 Å². The van der Waals surface area contributed by atoms with Gasteiger partial charge in [-0.1, -0.05) is 6.92 Å². The van der Waals surface area contributed by atoms with Gasteiger partial charge in [0.25, 0.3) is 0 Å². The number of primary sulfonamides is 1. The molecule has 1 aliphatic heterocycles. The minimum atomic E-state index is -3.79. The lowest BCUT2D eigenvalue weighted by atomic mass is 9.92. The molecule has 8 heteroatoms. The predicted octanol–water partition coefficient (Wildman–Crippen LogP) is 2.19. The summed E-state index contributed by atoms with van der Waals surface area (Å²) in [5.41, 5.74) is 0.577. The van der Waals surface area contributed by atoms with Gasteiger partial charge in [-0.25, -0.2) is 13.6 Å². The summed E-state index contributed by atoms with van der Waals surface area (Å²) in [6.07, 6.45) is 2.31. The van der Waals surface area contributed by atoms with Crippen LogP contribution in [0.3, 0.4) is 0 Å². The van der Waals surface area contributed by atoms with Crippen molar-refractivity contribution in [3.63, 3.8) is 0 Å². The third kappa shape index (κ3) is 3.06. The maximum Gasteiger partial charge on any atom is 0.238 e. The van der Waals surface area contributed by atoms with Crippen LogP contribution in [0, 0.1) is 0 Å². The fourth-order valence-electron chi connectivity index (χ4n) is 2.83. The van der Waals surface area contributed by atoms with Crippen molar-refractivity contribution in [3.05, 3.63) is 47.8 Å². The van der Waals surface area contributed by atoms with Crippen LogP contribution in [0.5, 0.6) is 0 Å². The van der Waals surface area contributed by atoms with Gasteiger partial charge in [0.1, 0.15) is 5.76 Å². The Morgan fingerprint density at radius 3 is 2.35 bits per heavy atom. The second kappa shape index (κ2) is 6.37. The lowest BCUT2D eigenvalue weighted by Gasteiger charge is -2.21. The monoisotopic (exact) mass is 375 g/mol. The first-order valence-corrected chi connectivity index (χ1v) is 9.89. The smallest absolute Gasteiger partial charge is 0.238 e. The Morgan fingerprint density at radius 2 is 1.85 bits per heavy atom. The van der Waals surface area contributed by atoms with Crippen LogP contribution in [0.1, 0.15) is 38.4 Å². The zero-order chi connectivity index (χ0) is 19.1. The van der Waals surface area contributed by atoms with E-state index in [9.17, 15) is 13.2 Å². The summed E-state index contributed by atoms with van der Waals surface area (Å²) < 4.78 is 30.7. The molecule has 0 bridgehead atoms. The van der Waals surface area contributed by atoms with E-state index in [2.05, 4.69) is 5.10 Å². The topological polar surface area (TPSA) is 104 Å². The van der Waals surface area contributed by atoms with Crippen molar-refractivity contribution >= 4 is 27.1 Å². The van der Waals surface area contributed by atoms with E-state index in [-0.39, 0.29) is 10.7 Å². The number of benzene rings is 1. The summed E-state index contributed by atoms with van der Waals surface area (Å²) in [7, 11) is -3.79. The van der Waals surface area contributed by atoms with Crippen LogP contribution in [-0.4, -0.2) is 29.6 Å². The van der Waals surface area contributed by atoms with Crippen LogP contribution in [0.15, 0.2) is 41.4 Å². The van der Waals surface area contributed by atoms with Crippen LogP contribution >= 0.6 is 0 Å². The number of hydrogen-bond acceptors (Lipinski definition) is 5. The molecule has 0 radical (unpaired) electrons. The lowest BCUT2D eigenvalue weighted by molar-refractivity contribution is -0.126. The number of hydrogen-bond donors (Lipinski definition) is 1. The SMILES string of the molecule is CCn1ccc(C2=C(c3ccc(S(N)(=O)=O)cc3)OC(C)(CC)C2=O)n1. The molecule has 138 valence electrons. The molecule has 0 spiro atoms. The molecule has 1 unspecified atom stereocenters. The van der Waals surface area contributed by atoms with E-state index in [1.807, 2.05) is 13.8 Å². The average Bonchev–Trinajstić information content (AvgIpc) is 3.18. The highest BCUT2D eigenvalue weighted by Gasteiger charge is 2.45. The summed E-state index contributed by atoms with van der Waals surface area (Å²) in [4.78, 5) is 13.0. The number of ether oxygens (including phenoxy) is 1. The number of sulfonamides is 1. The molecule has 1 atom stereocenters. The molecule has 0 aliphatic carbocycles. The first kappa shape index (κ1) is 18.3. The Hall–Kier alpha value is -2.45. The number of nitrogens with two attached hydrogens (primary N) is 1. The third-order valence-corrected chi connectivity index (χ3v) is 5.53. The molecule has 26 heavy (non-hydrogen) atoms. The maximum atomic E-state index is 13.0. The number of ketones is 1. The first-order chi connectivity index (χ1) is 12.2. The minimum absolute atomic E-state index is 0.00115. The molecule has 0 saturated carbocycles. The number of rotatable bonds is 5. The summed E-state index contributed by atoms with van der Waals surface area (Å²) in [5, 5.41) is 9.58. The Morgan fingerprint density at radius 1 is 1.19 bits per heavy atom. The van der Waals surface area contributed by atoms with Crippen LogP contribution in [0.4, 0.5) is 0 Å². The largest absolute Gasteiger partial charge is 0.478 e. The van der Waals surface area contributed by atoms with E-state index in [1.165, 1.54) is 12.1 Å². The highest BCUT2D eigenvalue weighted by Crippen LogP contribution is 2.42. The number of Topliss-reactive ketones (excluding diaryl/α,β-unsaturated/α-hetero) is 1. The molecule has 2 aromatic rings. The Balaban J connectivity index is 2.14. The molecule has 1 aromatic carbocycles. The van der Waals surface area contributed by atoms with Gasteiger partial charge < -0.3 is 4.74 Å². The van der Waals surface area contributed by atoms with Crippen LogP contribution < -0.4 is 5.14 Å². The summed E-state index contributed by atoms with van der Waals surface area (Å²) >= 11 is 0. The van der Waals surface area contributed by atoms with Crippen LogP contribution in [0.25, 0.3) is 11.3 Å². The van der Waals surface area contributed by atoms with Crippen molar-refractivity contribution in [1.29, 1.82) is 0 Å². The van der Waals surface area contributed by atoms with Gasteiger partial charge in [0.2, 0.25) is 15.8 Å². The molecule has 2 N–H and O–H groups in total. The number of aryl methyl sites for hydroxylation is 1. The van der Waals surface area contributed by atoms with E-state index < -0.39 is 15.6 Å². The molecular formula is C18H21N3O4S. The Kier molecular flexibility index (Phi) is 4.49. The highest BCUT2D eigenvalue weighted by atomic mass is 32.2. The van der Waals surface area contributed by atoms with Crippen molar-refractivity contribution in [2.24, 2.45) is 5.14 Å². The minimum Gasteiger partial charge on any atom is -0.478 e. The van der Waals surface area contributed by atoms with Crippen LogP contribution in [-0.2, 0) is 26.1 Å². The molecule has 1 aromatic heterocycles. The summed E-state index contributed by atoms with van der Waals surface area (Å²) in [6, 6.07) is 7.74. The maximum absolute atomic E-state index is 13.0. The zero-order valence-corrected chi connectivity index (χ0v) is 15.7. The van der Waals surface area contributed by atoms with E-state index >= 15 is 0 Å². The molecule has 0 amide bonds. The number of carbonyl (C=O) groups is 1. The van der Waals surface area contributed by atoms with Gasteiger partial charge in [0.05, 0.1) is 16.2 Å². The Labute approximate surface area is 152 Å². The van der Waals surface area contributed by atoms with Crippen molar-refractivity contribution in [2.75, 3.05) is 0 Å². The molecule has 7 nitrogen and oxygen atoms in total. The van der Waals surface area contributed by atoms with Gasteiger partial charge in [-0.15, -0.1) is 0 Å². The average molecular weight is 375 g/mol. The first-order valence-electron chi connectivity index (χ1n) is 8.34. The molecular weight excluding hydrogens is 354 g/mol. The molecule has 3 rings (SSSR count). The van der Waals surface area contributed by atoms with Crippen molar-refractivity contribution < 1.29 is 17.9 Å². The fraction of sp³-hybridized carbons (Fsp3) is 0.333. The van der Waals surface area contributed by atoms with Crippen molar-refractivity contribution in [2.45, 2.75) is 44.2 Å². The molecule has 1 aliphatic rings. The lowest BCUT2D eigenvalue weighted by Crippen LogP contribution is -2.32. The number of carbonyl (C=O) groups excluding carboxylic acids is 1. The normalized spacial score (nSPS) is 20.5. The van der Waals surface area contributed by atoms with Gasteiger partial charge >= 0.3 is 0 Å². The van der Waals surface area contributed by atoms with Gasteiger partial charge in [-0.05, 0) is 50.6 Å². The number of nitrogens with zero attached hydrogens (tertiary/aromatic N) is 2. The second-order valence-corrected chi connectivity index (χ2v) is 7.91. The summed E-state index contributed by atoms with van der Waals surface area (Å²) in [6.45, 7) is 6.28. The van der Waals surface area contributed by atoms with E-state index in [0.717, 1.165) is 0 Å². The van der Waals surface area contributed by atoms with Gasteiger partial charge in [0.15, 0.2) is 5.60 Å². The van der Waals surface area contributed by atoms with Gasteiger partial charge in [-0.3, -0.25) is 9.48 Å². The van der Waals surface area contributed by atoms with Crippen molar-refractivity contribution in [1.82, 2.24) is 9.78 Å². The standard InChI is InChI=1S/C18H21N3O4S/c1-4-18(3)17(22)15(14-10-11-21(5-2)20-14)16(25-18)12-6-8-13(9-7-12)26(19,23)24/h6-11H,4-5H2,1-3H3,(H2,19,23,24). The predicted molar refractivity (Wildman–Crippen MR) is 97.3 cm³/mol. The second-order valence-electron chi connectivity index (χ2n) is 6.35.